The second-order valence-corrected chi connectivity index (χ2v) is 7.41. The summed E-state index contributed by atoms with van der Waals surface area (Å²) in [5.74, 6) is 5.46. The van der Waals surface area contributed by atoms with E-state index in [0.717, 1.165) is 36.9 Å². The zero-order chi connectivity index (χ0) is 24.4. The monoisotopic (exact) mass is 459 g/mol. The van der Waals surface area contributed by atoms with Crippen molar-refractivity contribution in [3.63, 3.8) is 0 Å². The van der Waals surface area contributed by atoms with Gasteiger partial charge in [-0.3, -0.25) is 9.78 Å². The van der Waals surface area contributed by atoms with Crippen molar-refractivity contribution >= 4 is 5.91 Å². The molecule has 0 saturated heterocycles. The number of halogens is 3. The Balaban J connectivity index is 2.12. The molecule has 2 heterocycles. The first-order chi connectivity index (χ1) is 15.6. The number of hydrogen-bond donors (Lipinski definition) is 4. The van der Waals surface area contributed by atoms with Gasteiger partial charge in [0.05, 0.1) is 5.56 Å². The minimum absolute atomic E-state index is 0.0440. The normalized spacial score (nSPS) is 16.6. The van der Waals surface area contributed by atoms with Gasteiger partial charge in [0.1, 0.15) is 6.17 Å². The number of nitrogens with zero attached hydrogens (tertiary/aromatic N) is 1. The van der Waals surface area contributed by atoms with Crippen molar-refractivity contribution in [3.8, 4) is 11.8 Å². The summed E-state index contributed by atoms with van der Waals surface area (Å²) in [7, 11) is 0. The number of nitrogens with one attached hydrogen (secondary N) is 3. The lowest BCUT2D eigenvalue weighted by Gasteiger charge is -2.21. The molecule has 1 atom stereocenters. The summed E-state index contributed by atoms with van der Waals surface area (Å²) >= 11 is 0. The average Bonchev–Trinajstić information content (AvgIpc) is 2.77. The van der Waals surface area contributed by atoms with Gasteiger partial charge in [0, 0.05) is 59.7 Å². The number of dihydropyridines is 1. The van der Waals surface area contributed by atoms with E-state index < -0.39 is 17.6 Å². The van der Waals surface area contributed by atoms with Gasteiger partial charge in [0.2, 0.25) is 5.91 Å². The van der Waals surface area contributed by atoms with Crippen molar-refractivity contribution in [2.75, 3.05) is 0 Å². The summed E-state index contributed by atoms with van der Waals surface area (Å²) < 4.78 is 39.8. The molecule has 0 saturated carbocycles. The first-order valence-electron chi connectivity index (χ1n) is 10.4. The molecule has 6 nitrogen and oxygen atoms in total. The van der Waals surface area contributed by atoms with Crippen LogP contribution in [0.1, 0.15) is 44.7 Å². The lowest BCUT2D eigenvalue weighted by atomic mass is 10.1. The van der Waals surface area contributed by atoms with E-state index in [1.54, 1.807) is 19.2 Å². The highest BCUT2D eigenvalue weighted by Gasteiger charge is 2.33. The van der Waals surface area contributed by atoms with Gasteiger partial charge in [0.25, 0.3) is 0 Å². The molecule has 9 heteroatoms. The Bertz CT molecular complexity index is 1040. The fourth-order valence-corrected chi connectivity index (χ4v) is 2.90. The number of amides is 1. The Morgan fingerprint density at radius 1 is 1.36 bits per heavy atom. The van der Waals surface area contributed by atoms with Crippen LogP contribution in [0.2, 0.25) is 0 Å². The van der Waals surface area contributed by atoms with Gasteiger partial charge < -0.3 is 21.7 Å². The number of rotatable bonds is 8. The summed E-state index contributed by atoms with van der Waals surface area (Å²) in [5.41, 5.74) is 6.60. The zero-order valence-electron chi connectivity index (χ0n) is 18.8. The third kappa shape index (κ3) is 8.07. The molecule has 176 valence electrons. The maximum Gasteiger partial charge on any atom is 0.416 e. The molecule has 0 bridgehead atoms. The van der Waals surface area contributed by atoms with Crippen LogP contribution in [0.15, 0.2) is 65.4 Å². The predicted octanol–water partition coefficient (Wildman–Crippen LogP) is 3.62. The molecule has 1 aliphatic rings. The van der Waals surface area contributed by atoms with E-state index in [4.69, 9.17) is 5.73 Å². The number of carbonyl (C=O) groups excluding carboxylic acids is 1. The predicted molar refractivity (Wildman–Crippen MR) is 122 cm³/mol. The van der Waals surface area contributed by atoms with Gasteiger partial charge in [-0.05, 0) is 44.6 Å². The third-order valence-corrected chi connectivity index (χ3v) is 4.69. The Morgan fingerprint density at radius 2 is 2.12 bits per heavy atom. The smallest absolute Gasteiger partial charge is 0.380 e. The van der Waals surface area contributed by atoms with Crippen LogP contribution in [0.4, 0.5) is 13.2 Å². The van der Waals surface area contributed by atoms with Crippen LogP contribution < -0.4 is 21.7 Å². The molecule has 5 N–H and O–H groups in total. The number of primary amides is 1. The number of nitrogens with two attached hydrogens (primary N) is 1. The van der Waals surface area contributed by atoms with Crippen LogP contribution in [0.5, 0.6) is 0 Å². The van der Waals surface area contributed by atoms with E-state index >= 15 is 0 Å². The third-order valence-electron chi connectivity index (χ3n) is 4.69. The van der Waals surface area contributed by atoms with E-state index in [1.165, 1.54) is 6.92 Å². The summed E-state index contributed by atoms with van der Waals surface area (Å²) in [6.07, 6.45) is 6.56. The molecule has 1 amide bonds. The van der Waals surface area contributed by atoms with Crippen LogP contribution in [0, 0.1) is 11.8 Å². The highest BCUT2D eigenvalue weighted by molar-refractivity contribution is 5.92. The second-order valence-electron chi connectivity index (χ2n) is 7.41. The number of hydrogen-bond acceptors (Lipinski definition) is 5. The number of carbonyl (C=O) groups is 1. The number of aromatic nitrogens is 1. The number of unbranched alkanes of at least 4 members (excludes halogenated alkanes) is 1. The Morgan fingerprint density at radius 3 is 2.73 bits per heavy atom. The Labute approximate surface area is 191 Å². The molecule has 1 aliphatic heterocycles. The SMILES string of the molecule is CCCC#CC1=CNC(N/C(C)=C/C(NCc2cnccc2C(F)(F)F)=C(\C)C(N)=O)C=C1. The highest BCUT2D eigenvalue weighted by Crippen LogP contribution is 2.31. The average molecular weight is 460 g/mol. The first kappa shape index (κ1) is 25.6. The lowest BCUT2D eigenvalue weighted by molar-refractivity contribution is -0.138. The number of pyridine rings is 1. The van der Waals surface area contributed by atoms with Crippen LogP contribution in [-0.2, 0) is 17.5 Å². The molecule has 0 aromatic carbocycles. The van der Waals surface area contributed by atoms with Crippen molar-refractivity contribution in [2.24, 2.45) is 5.73 Å². The summed E-state index contributed by atoms with van der Waals surface area (Å²) in [5, 5.41) is 9.27. The molecule has 1 aromatic heterocycles. The second kappa shape index (κ2) is 11.8. The lowest BCUT2D eigenvalue weighted by Crippen LogP contribution is -2.38. The summed E-state index contributed by atoms with van der Waals surface area (Å²) in [6, 6.07) is 0.916. The molecule has 2 rings (SSSR count). The minimum Gasteiger partial charge on any atom is -0.380 e. The van der Waals surface area contributed by atoms with E-state index in [9.17, 15) is 18.0 Å². The van der Waals surface area contributed by atoms with E-state index in [-0.39, 0.29) is 23.8 Å². The summed E-state index contributed by atoms with van der Waals surface area (Å²) in [4.78, 5) is 15.5. The molecule has 0 spiro atoms. The maximum absolute atomic E-state index is 13.3. The molecule has 0 aliphatic carbocycles. The molecular formula is C24H28F3N5O. The van der Waals surface area contributed by atoms with Crippen molar-refractivity contribution < 1.29 is 18.0 Å². The fraction of sp³-hybridized carbons (Fsp3) is 0.333. The van der Waals surface area contributed by atoms with Gasteiger partial charge in [-0.2, -0.15) is 13.2 Å². The highest BCUT2D eigenvalue weighted by atomic mass is 19.4. The Hall–Kier alpha value is -3.67. The van der Waals surface area contributed by atoms with Gasteiger partial charge in [-0.15, -0.1) is 0 Å². The van der Waals surface area contributed by atoms with Crippen molar-refractivity contribution in [1.29, 1.82) is 0 Å². The topological polar surface area (TPSA) is 92.1 Å². The van der Waals surface area contributed by atoms with Gasteiger partial charge >= 0.3 is 6.18 Å². The summed E-state index contributed by atoms with van der Waals surface area (Å²) in [6.45, 7) is 5.16. The van der Waals surface area contributed by atoms with Crippen molar-refractivity contribution in [2.45, 2.75) is 52.5 Å². The van der Waals surface area contributed by atoms with Crippen LogP contribution >= 0.6 is 0 Å². The quantitative estimate of drug-likeness (QED) is 0.271. The van der Waals surface area contributed by atoms with Crippen LogP contribution in [-0.4, -0.2) is 17.1 Å². The molecule has 1 aromatic rings. The molecule has 33 heavy (non-hydrogen) atoms. The number of alkyl halides is 3. The van der Waals surface area contributed by atoms with Crippen LogP contribution in [0.3, 0.4) is 0 Å². The Kier molecular flexibility index (Phi) is 9.16. The standard InChI is InChI=1S/C24H28F3N5O/c1-4-5-6-7-18-8-9-22(31-13-18)32-16(2)12-21(17(3)23(28)33)30-15-19-14-29-11-10-20(19)24(25,26)27/h8-14,22,30-32H,4-5,15H2,1-3H3,(H2,28,33)/b16-12+,21-17-. The van der Waals surface area contributed by atoms with Crippen LogP contribution in [0.25, 0.3) is 0 Å². The largest absolute Gasteiger partial charge is 0.416 e. The van der Waals surface area contributed by atoms with Crippen molar-refractivity contribution in [1.82, 2.24) is 20.9 Å². The zero-order valence-corrected chi connectivity index (χ0v) is 18.8. The van der Waals surface area contributed by atoms with Gasteiger partial charge in [-0.1, -0.05) is 18.8 Å². The maximum atomic E-state index is 13.3. The number of allylic oxidation sites excluding steroid dienone is 4. The molecule has 0 radical (unpaired) electrons. The van der Waals surface area contributed by atoms with E-state index in [1.807, 2.05) is 12.2 Å². The molecular weight excluding hydrogens is 431 g/mol. The first-order valence-corrected chi connectivity index (χ1v) is 10.4. The van der Waals surface area contributed by atoms with Gasteiger partial charge in [-0.25, -0.2) is 0 Å². The minimum atomic E-state index is -4.51. The molecule has 0 fully saturated rings. The van der Waals surface area contributed by atoms with E-state index in [2.05, 4.69) is 39.7 Å². The molecule has 1 unspecified atom stereocenters. The van der Waals surface area contributed by atoms with Gasteiger partial charge in [0.15, 0.2) is 0 Å². The van der Waals surface area contributed by atoms with Crippen molar-refractivity contribution in [3.05, 3.63) is 76.6 Å². The fourth-order valence-electron chi connectivity index (χ4n) is 2.90. The van der Waals surface area contributed by atoms with E-state index in [0.29, 0.717) is 11.4 Å².